The minimum atomic E-state index is -0.161. The standard InChI is InChI=1S/C12H13N3OS/c1-7-5-3-4-6-9(7)15-11(16)10-8(2)14-12(13)17-10/h3-6H,1-2H3,(H2,13,14)(H,15,16). The maximum atomic E-state index is 12.0. The number of hydrogen-bond donors (Lipinski definition) is 2. The molecule has 0 aliphatic heterocycles. The molecule has 1 heterocycles. The molecular formula is C12H13N3OS. The number of rotatable bonds is 2. The zero-order valence-corrected chi connectivity index (χ0v) is 10.5. The first-order valence-corrected chi connectivity index (χ1v) is 5.99. The molecule has 0 radical (unpaired) electrons. The van der Waals surface area contributed by atoms with Crippen molar-refractivity contribution in [2.24, 2.45) is 0 Å². The van der Waals surface area contributed by atoms with E-state index in [1.165, 1.54) is 11.3 Å². The third-order valence-electron chi connectivity index (χ3n) is 2.41. The lowest BCUT2D eigenvalue weighted by atomic mass is 10.2. The molecule has 2 rings (SSSR count). The van der Waals surface area contributed by atoms with Crippen LogP contribution in [-0.4, -0.2) is 10.9 Å². The number of benzene rings is 1. The minimum absolute atomic E-state index is 0.161. The summed E-state index contributed by atoms with van der Waals surface area (Å²) in [5.74, 6) is -0.161. The van der Waals surface area contributed by atoms with Crippen LogP contribution < -0.4 is 11.1 Å². The van der Waals surface area contributed by atoms with Gasteiger partial charge in [-0.15, -0.1) is 0 Å². The van der Waals surface area contributed by atoms with Crippen molar-refractivity contribution in [3.63, 3.8) is 0 Å². The lowest BCUT2D eigenvalue weighted by Gasteiger charge is -2.06. The van der Waals surface area contributed by atoms with Gasteiger partial charge in [-0.05, 0) is 25.5 Å². The quantitative estimate of drug-likeness (QED) is 0.857. The van der Waals surface area contributed by atoms with Crippen molar-refractivity contribution >= 4 is 28.1 Å². The average Bonchev–Trinajstić information content (AvgIpc) is 2.61. The topological polar surface area (TPSA) is 68.0 Å². The van der Waals surface area contributed by atoms with E-state index in [1.54, 1.807) is 6.92 Å². The van der Waals surface area contributed by atoms with Crippen LogP contribution in [0.25, 0.3) is 0 Å². The molecule has 88 valence electrons. The second kappa shape index (κ2) is 4.55. The van der Waals surface area contributed by atoms with E-state index in [2.05, 4.69) is 10.3 Å². The van der Waals surface area contributed by atoms with Crippen LogP contribution in [0.4, 0.5) is 10.8 Å². The van der Waals surface area contributed by atoms with E-state index >= 15 is 0 Å². The van der Waals surface area contributed by atoms with Crippen molar-refractivity contribution in [1.29, 1.82) is 0 Å². The predicted molar refractivity (Wildman–Crippen MR) is 70.4 cm³/mol. The SMILES string of the molecule is Cc1ccccc1NC(=O)c1sc(N)nc1C. The summed E-state index contributed by atoms with van der Waals surface area (Å²) in [6.07, 6.45) is 0. The zero-order chi connectivity index (χ0) is 12.4. The largest absolute Gasteiger partial charge is 0.375 e. The number of anilines is 2. The Labute approximate surface area is 103 Å². The van der Waals surface area contributed by atoms with E-state index in [0.29, 0.717) is 15.7 Å². The Morgan fingerprint density at radius 2 is 2.06 bits per heavy atom. The average molecular weight is 247 g/mol. The highest BCUT2D eigenvalue weighted by atomic mass is 32.1. The van der Waals surface area contributed by atoms with Crippen LogP contribution >= 0.6 is 11.3 Å². The first-order valence-electron chi connectivity index (χ1n) is 5.18. The highest BCUT2D eigenvalue weighted by Gasteiger charge is 2.14. The molecule has 2 aromatic rings. The molecule has 0 aliphatic carbocycles. The molecule has 0 fully saturated rings. The molecule has 0 bridgehead atoms. The highest BCUT2D eigenvalue weighted by Crippen LogP contribution is 2.22. The summed E-state index contributed by atoms with van der Waals surface area (Å²) in [6, 6.07) is 7.63. The van der Waals surface area contributed by atoms with E-state index in [-0.39, 0.29) is 5.91 Å². The van der Waals surface area contributed by atoms with E-state index < -0.39 is 0 Å². The molecule has 0 aliphatic rings. The fourth-order valence-corrected chi connectivity index (χ4v) is 2.25. The molecular weight excluding hydrogens is 234 g/mol. The number of nitrogens with zero attached hydrogens (tertiary/aromatic N) is 1. The number of hydrogen-bond acceptors (Lipinski definition) is 4. The van der Waals surface area contributed by atoms with Crippen molar-refractivity contribution in [3.05, 3.63) is 40.4 Å². The number of para-hydroxylation sites is 1. The van der Waals surface area contributed by atoms with Crippen LogP contribution in [0.5, 0.6) is 0 Å². The van der Waals surface area contributed by atoms with Crippen LogP contribution in [0.2, 0.25) is 0 Å². The fraction of sp³-hybridized carbons (Fsp3) is 0.167. The Morgan fingerprint density at radius 3 is 2.65 bits per heavy atom. The Morgan fingerprint density at radius 1 is 1.35 bits per heavy atom. The first kappa shape index (κ1) is 11.6. The normalized spacial score (nSPS) is 10.2. The smallest absolute Gasteiger partial charge is 0.267 e. The molecule has 1 amide bonds. The Kier molecular flexibility index (Phi) is 3.10. The van der Waals surface area contributed by atoms with Crippen molar-refractivity contribution in [1.82, 2.24) is 4.98 Å². The van der Waals surface area contributed by atoms with Gasteiger partial charge in [0.05, 0.1) is 5.69 Å². The molecule has 17 heavy (non-hydrogen) atoms. The molecule has 1 aromatic heterocycles. The zero-order valence-electron chi connectivity index (χ0n) is 9.65. The van der Waals surface area contributed by atoms with Crippen LogP contribution in [0.3, 0.4) is 0 Å². The van der Waals surface area contributed by atoms with Gasteiger partial charge in [-0.3, -0.25) is 4.79 Å². The lowest BCUT2D eigenvalue weighted by molar-refractivity contribution is 0.102. The second-order valence-corrected chi connectivity index (χ2v) is 4.77. The molecule has 0 saturated heterocycles. The number of carbonyl (C=O) groups excluding carboxylic acids is 1. The van der Waals surface area contributed by atoms with Gasteiger partial charge >= 0.3 is 0 Å². The molecule has 4 nitrogen and oxygen atoms in total. The van der Waals surface area contributed by atoms with E-state index in [0.717, 1.165) is 11.3 Å². The maximum absolute atomic E-state index is 12.0. The van der Waals surface area contributed by atoms with E-state index in [9.17, 15) is 4.79 Å². The molecule has 5 heteroatoms. The Bertz CT molecular complexity index is 563. The van der Waals surface area contributed by atoms with Crippen LogP contribution in [0, 0.1) is 13.8 Å². The Hall–Kier alpha value is -1.88. The molecule has 0 unspecified atom stereocenters. The van der Waals surface area contributed by atoms with Gasteiger partial charge in [0, 0.05) is 5.69 Å². The maximum Gasteiger partial charge on any atom is 0.267 e. The molecule has 0 spiro atoms. The summed E-state index contributed by atoms with van der Waals surface area (Å²) in [6.45, 7) is 3.73. The number of nitrogens with one attached hydrogen (secondary N) is 1. The summed E-state index contributed by atoms with van der Waals surface area (Å²) < 4.78 is 0. The predicted octanol–water partition coefficient (Wildman–Crippen LogP) is 2.59. The van der Waals surface area contributed by atoms with Crippen LogP contribution in [0.1, 0.15) is 20.9 Å². The van der Waals surface area contributed by atoms with Gasteiger partial charge in [0.2, 0.25) is 0 Å². The summed E-state index contributed by atoms with van der Waals surface area (Å²) in [4.78, 5) is 16.6. The molecule has 3 N–H and O–H groups in total. The van der Waals surface area contributed by atoms with Crippen molar-refractivity contribution in [3.8, 4) is 0 Å². The van der Waals surface area contributed by atoms with Gasteiger partial charge in [0.25, 0.3) is 5.91 Å². The summed E-state index contributed by atoms with van der Waals surface area (Å²) in [7, 11) is 0. The van der Waals surface area contributed by atoms with Gasteiger partial charge in [-0.2, -0.15) is 0 Å². The molecule has 1 aromatic carbocycles. The molecule has 0 atom stereocenters. The second-order valence-electron chi connectivity index (χ2n) is 3.74. The fourth-order valence-electron chi connectivity index (χ4n) is 1.52. The lowest BCUT2D eigenvalue weighted by Crippen LogP contribution is -2.12. The number of nitrogens with two attached hydrogens (primary N) is 1. The van der Waals surface area contributed by atoms with Gasteiger partial charge in [0.1, 0.15) is 4.88 Å². The van der Waals surface area contributed by atoms with Gasteiger partial charge in [-0.25, -0.2) is 4.98 Å². The first-order chi connectivity index (χ1) is 8.08. The van der Waals surface area contributed by atoms with Crippen molar-refractivity contribution in [2.45, 2.75) is 13.8 Å². The molecule has 0 saturated carbocycles. The third kappa shape index (κ3) is 2.45. The number of nitrogen functional groups attached to an aromatic ring is 1. The number of carbonyl (C=O) groups is 1. The Balaban J connectivity index is 2.23. The highest BCUT2D eigenvalue weighted by molar-refractivity contribution is 7.17. The van der Waals surface area contributed by atoms with Crippen LogP contribution in [-0.2, 0) is 0 Å². The number of thiazole rings is 1. The number of aromatic nitrogens is 1. The van der Waals surface area contributed by atoms with Crippen molar-refractivity contribution in [2.75, 3.05) is 11.1 Å². The number of aryl methyl sites for hydroxylation is 2. The van der Waals surface area contributed by atoms with Crippen molar-refractivity contribution < 1.29 is 4.79 Å². The monoisotopic (exact) mass is 247 g/mol. The van der Waals surface area contributed by atoms with E-state index in [1.807, 2.05) is 31.2 Å². The number of amides is 1. The third-order valence-corrected chi connectivity index (χ3v) is 3.40. The van der Waals surface area contributed by atoms with Gasteiger partial charge in [-0.1, -0.05) is 29.5 Å². The van der Waals surface area contributed by atoms with E-state index in [4.69, 9.17) is 5.73 Å². The summed E-state index contributed by atoms with van der Waals surface area (Å²) >= 11 is 1.20. The summed E-state index contributed by atoms with van der Waals surface area (Å²) in [5, 5.41) is 3.27. The van der Waals surface area contributed by atoms with Gasteiger partial charge in [0.15, 0.2) is 5.13 Å². The summed E-state index contributed by atoms with van der Waals surface area (Å²) in [5.41, 5.74) is 8.07. The van der Waals surface area contributed by atoms with Gasteiger partial charge < -0.3 is 11.1 Å². The van der Waals surface area contributed by atoms with Crippen LogP contribution in [0.15, 0.2) is 24.3 Å². The minimum Gasteiger partial charge on any atom is -0.375 e.